The molecule has 1 amide bonds. The number of nitrogens with one attached hydrogen (secondary N) is 1. The van der Waals surface area contributed by atoms with E-state index in [4.69, 9.17) is 4.74 Å². The van der Waals surface area contributed by atoms with Gasteiger partial charge in [-0.25, -0.2) is 9.67 Å². The van der Waals surface area contributed by atoms with Crippen molar-refractivity contribution in [3.8, 4) is 11.6 Å². The molecule has 0 aromatic carbocycles. The molecule has 0 spiro atoms. The lowest BCUT2D eigenvalue weighted by Gasteiger charge is -2.08. The van der Waals surface area contributed by atoms with Gasteiger partial charge >= 0.3 is 0 Å². The van der Waals surface area contributed by atoms with Gasteiger partial charge in [-0.2, -0.15) is 0 Å². The van der Waals surface area contributed by atoms with Gasteiger partial charge in [-0.3, -0.25) is 9.78 Å². The number of carbonyl (C=O) groups is 1. The van der Waals surface area contributed by atoms with Crippen molar-refractivity contribution < 1.29 is 9.53 Å². The lowest BCUT2D eigenvalue weighted by Crippen LogP contribution is -2.23. The zero-order chi connectivity index (χ0) is 18.4. The molecule has 0 aliphatic rings. The van der Waals surface area contributed by atoms with Crippen molar-refractivity contribution in [1.29, 1.82) is 0 Å². The summed E-state index contributed by atoms with van der Waals surface area (Å²) in [7, 11) is 0. The first-order valence-corrected chi connectivity index (χ1v) is 8.30. The summed E-state index contributed by atoms with van der Waals surface area (Å²) in [6, 6.07) is 7.03. The van der Waals surface area contributed by atoms with E-state index in [0.29, 0.717) is 29.7 Å². The highest BCUT2D eigenvalue weighted by Gasteiger charge is 2.09. The van der Waals surface area contributed by atoms with E-state index in [1.54, 1.807) is 35.4 Å². The molecular weight excluding hydrogens is 332 g/mol. The zero-order valence-corrected chi connectivity index (χ0v) is 14.7. The molecular formula is C18H20N6O2. The van der Waals surface area contributed by atoms with Gasteiger partial charge in [-0.15, -0.1) is 5.10 Å². The Labute approximate surface area is 151 Å². The minimum Gasteiger partial charge on any atom is -0.477 e. The number of carbonyl (C=O) groups excluding carboxylic acids is 1. The van der Waals surface area contributed by atoms with Gasteiger partial charge in [0.15, 0.2) is 0 Å². The van der Waals surface area contributed by atoms with Crippen LogP contribution in [0.25, 0.3) is 5.69 Å². The van der Waals surface area contributed by atoms with Crippen LogP contribution < -0.4 is 10.1 Å². The summed E-state index contributed by atoms with van der Waals surface area (Å²) >= 11 is 0. The predicted molar refractivity (Wildman–Crippen MR) is 94.9 cm³/mol. The number of pyridine rings is 2. The highest BCUT2D eigenvalue weighted by atomic mass is 16.5. The Morgan fingerprint density at radius 2 is 2.04 bits per heavy atom. The maximum absolute atomic E-state index is 12.2. The molecule has 0 bridgehead atoms. The third kappa shape index (κ3) is 4.62. The lowest BCUT2D eigenvalue weighted by atomic mass is 10.2. The van der Waals surface area contributed by atoms with E-state index in [-0.39, 0.29) is 12.5 Å². The van der Waals surface area contributed by atoms with Gasteiger partial charge in [0, 0.05) is 24.7 Å². The maximum Gasteiger partial charge on any atom is 0.253 e. The molecule has 3 rings (SSSR count). The molecule has 8 heteroatoms. The number of nitrogens with zero attached hydrogens (tertiary/aromatic N) is 5. The summed E-state index contributed by atoms with van der Waals surface area (Å²) in [4.78, 5) is 20.3. The number of hydrogen-bond acceptors (Lipinski definition) is 6. The fourth-order valence-corrected chi connectivity index (χ4v) is 2.13. The largest absolute Gasteiger partial charge is 0.477 e. The van der Waals surface area contributed by atoms with Crippen LogP contribution in [0.2, 0.25) is 0 Å². The number of rotatable bonds is 7. The highest BCUT2D eigenvalue weighted by Crippen LogP contribution is 2.09. The normalized spacial score (nSPS) is 10.7. The Balaban J connectivity index is 1.55. The van der Waals surface area contributed by atoms with Gasteiger partial charge in [0.2, 0.25) is 5.88 Å². The van der Waals surface area contributed by atoms with E-state index in [1.807, 2.05) is 12.1 Å². The lowest BCUT2D eigenvalue weighted by molar-refractivity contribution is 0.0950. The summed E-state index contributed by atoms with van der Waals surface area (Å²) in [6.07, 6.45) is 6.62. The number of aromatic nitrogens is 5. The molecule has 0 unspecified atom stereocenters. The summed E-state index contributed by atoms with van der Waals surface area (Å²) < 4.78 is 7.14. The van der Waals surface area contributed by atoms with Crippen LogP contribution in [-0.2, 0) is 6.54 Å². The minimum atomic E-state index is -0.230. The first kappa shape index (κ1) is 17.5. The molecule has 3 aromatic rings. The van der Waals surface area contributed by atoms with Crippen molar-refractivity contribution in [2.75, 3.05) is 6.61 Å². The highest BCUT2D eigenvalue weighted by molar-refractivity contribution is 5.93. The third-order valence-electron chi connectivity index (χ3n) is 3.46. The third-order valence-corrected chi connectivity index (χ3v) is 3.46. The molecule has 0 fully saturated rings. The van der Waals surface area contributed by atoms with Crippen LogP contribution >= 0.6 is 0 Å². The molecule has 26 heavy (non-hydrogen) atoms. The monoisotopic (exact) mass is 352 g/mol. The number of amides is 1. The molecule has 3 aromatic heterocycles. The molecule has 134 valence electrons. The standard InChI is InChI=1S/C18H20N6O2/c1-13(2)12-26-17-4-3-14(9-20-17)18(25)21-10-15-11-24(23-22-15)16-5-7-19-8-6-16/h3-9,11,13H,10,12H2,1-2H3,(H,21,25). The molecule has 0 saturated carbocycles. The van der Waals surface area contributed by atoms with Crippen LogP contribution in [0.15, 0.2) is 49.1 Å². The van der Waals surface area contributed by atoms with E-state index < -0.39 is 0 Å². The van der Waals surface area contributed by atoms with Crippen molar-refractivity contribution in [2.45, 2.75) is 20.4 Å². The van der Waals surface area contributed by atoms with E-state index in [2.05, 4.69) is 39.4 Å². The fourth-order valence-electron chi connectivity index (χ4n) is 2.13. The van der Waals surface area contributed by atoms with Crippen LogP contribution in [0.5, 0.6) is 5.88 Å². The van der Waals surface area contributed by atoms with Gasteiger partial charge in [0.05, 0.1) is 30.6 Å². The van der Waals surface area contributed by atoms with Crippen molar-refractivity contribution in [2.24, 2.45) is 5.92 Å². The smallest absolute Gasteiger partial charge is 0.253 e. The van der Waals surface area contributed by atoms with E-state index in [9.17, 15) is 4.79 Å². The van der Waals surface area contributed by atoms with E-state index in [1.165, 1.54) is 6.20 Å². The predicted octanol–water partition coefficient (Wildman–Crippen LogP) is 2.02. The number of hydrogen-bond donors (Lipinski definition) is 1. The van der Waals surface area contributed by atoms with Crippen molar-refractivity contribution in [1.82, 2.24) is 30.3 Å². The average Bonchev–Trinajstić information content (AvgIpc) is 3.14. The quantitative estimate of drug-likeness (QED) is 0.699. The summed E-state index contributed by atoms with van der Waals surface area (Å²) in [6.45, 7) is 4.99. The molecule has 0 saturated heterocycles. The second kappa shape index (κ2) is 8.19. The second-order valence-corrected chi connectivity index (χ2v) is 6.13. The van der Waals surface area contributed by atoms with E-state index in [0.717, 1.165) is 5.69 Å². The molecule has 0 atom stereocenters. The Morgan fingerprint density at radius 3 is 2.73 bits per heavy atom. The SMILES string of the molecule is CC(C)COc1ccc(C(=O)NCc2cn(-c3ccncc3)nn2)cn1. The van der Waals surface area contributed by atoms with Crippen LogP contribution in [0.4, 0.5) is 0 Å². The van der Waals surface area contributed by atoms with Crippen LogP contribution in [0, 0.1) is 5.92 Å². The first-order chi connectivity index (χ1) is 12.6. The van der Waals surface area contributed by atoms with Crippen LogP contribution in [0.1, 0.15) is 29.9 Å². The molecule has 0 radical (unpaired) electrons. The van der Waals surface area contributed by atoms with Crippen molar-refractivity contribution in [3.05, 3.63) is 60.3 Å². The van der Waals surface area contributed by atoms with Gasteiger partial charge < -0.3 is 10.1 Å². The first-order valence-electron chi connectivity index (χ1n) is 8.30. The Morgan fingerprint density at radius 1 is 1.23 bits per heavy atom. The Hall–Kier alpha value is -3.29. The fraction of sp³-hybridized carbons (Fsp3) is 0.278. The average molecular weight is 352 g/mol. The van der Waals surface area contributed by atoms with Crippen LogP contribution in [0.3, 0.4) is 0 Å². The molecule has 0 aliphatic heterocycles. The van der Waals surface area contributed by atoms with E-state index >= 15 is 0 Å². The van der Waals surface area contributed by atoms with Gasteiger partial charge in [-0.1, -0.05) is 19.1 Å². The minimum absolute atomic E-state index is 0.230. The summed E-state index contributed by atoms with van der Waals surface area (Å²) in [5.74, 6) is 0.697. The molecule has 0 aliphatic carbocycles. The molecule has 8 nitrogen and oxygen atoms in total. The zero-order valence-electron chi connectivity index (χ0n) is 14.7. The topological polar surface area (TPSA) is 94.8 Å². The van der Waals surface area contributed by atoms with Gasteiger partial charge in [0.1, 0.15) is 5.69 Å². The number of ether oxygens (including phenoxy) is 1. The van der Waals surface area contributed by atoms with Crippen molar-refractivity contribution >= 4 is 5.91 Å². The van der Waals surface area contributed by atoms with Gasteiger partial charge in [-0.05, 0) is 24.1 Å². The van der Waals surface area contributed by atoms with Gasteiger partial charge in [0.25, 0.3) is 5.91 Å². The Bertz CT molecular complexity index is 846. The summed E-state index contributed by atoms with van der Waals surface area (Å²) in [5, 5.41) is 10.9. The second-order valence-electron chi connectivity index (χ2n) is 6.13. The maximum atomic E-state index is 12.2. The van der Waals surface area contributed by atoms with Crippen molar-refractivity contribution in [3.63, 3.8) is 0 Å². The molecule has 1 N–H and O–H groups in total. The molecule has 3 heterocycles. The Kier molecular flexibility index (Phi) is 5.52. The summed E-state index contributed by atoms with van der Waals surface area (Å²) in [5.41, 5.74) is 1.97. The van der Waals surface area contributed by atoms with Crippen LogP contribution in [-0.4, -0.2) is 37.5 Å².